The zero-order chi connectivity index (χ0) is 23.0. The normalized spacial score (nSPS) is 12.1. The van der Waals surface area contributed by atoms with Crippen LogP contribution in [0.3, 0.4) is 0 Å². The lowest BCUT2D eigenvalue weighted by Gasteiger charge is -2.13. The van der Waals surface area contributed by atoms with E-state index in [1.54, 1.807) is 0 Å². The zero-order valence-electron chi connectivity index (χ0n) is 15.2. The largest absolute Gasteiger partial charge is 0.437 e. The lowest BCUT2D eigenvalue weighted by Crippen LogP contribution is -2.10. The van der Waals surface area contributed by atoms with E-state index in [2.05, 4.69) is 9.97 Å². The fraction of sp³-hybridized carbons (Fsp3) is 0.158. The molecule has 0 saturated carbocycles. The molecule has 3 aromatic rings. The number of rotatable bonds is 4. The van der Waals surface area contributed by atoms with E-state index in [0.29, 0.717) is 24.3 Å². The van der Waals surface area contributed by atoms with Crippen LogP contribution in [0.5, 0.6) is 11.6 Å². The lowest BCUT2D eigenvalue weighted by atomic mass is 10.0. The fourth-order valence-corrected chi connectivity index (χ4v) is 2.63. The molecule has 0 bridgehead atoms. The number of ether oxygens (including phenoxy) is 1. The van der Waals surface area contributed by atoms with Crippen LogP contribution in [0.1, 0.15) is 22.4 Å². The van der Waals surface area contributed by atoms with Crippen LogP contribution in [0.4, 0.5) is 40.8 Å². The van der Waals surface area contributed by atoms with Gasteiger partial charge in [-0.1, -0.05) is 6.07 Å². The summed E-state index contributed by atoms with van der Waals surface area (Å²) in [5, 5.41) is 0. The van der Waals surface area contributed by atoms with E-state index in [-0.39, 0.29) is 29.2 Å². The van der Waals surface area contributed by atoms with Crippen molar-refractivity contribution in [2.24, 2.45) is 0 Å². The van der Waals surface area contributed by atoms with Gasteiger partial charge in [0.15, 0.2) is 0 Å². The van der Waals surface area contributed by atoms with Gasteiger partial charge in [0.05, 0.1) is 16.8 Å². The molecular weight excluding hydrogens is 438 g/mol. The topological polar surface area (TPSA) is 61.0 Å². The summed E-state index contributed by atoms with van der Waals surface area (Å²) in [6.07, 6.45) is -9.22. The fourth-order valence-electron chi connectivity index (χ4n) is 2.63. The third-order valence-corrected chi connectivity index (χ3v) is 4.10. The minimum absolute atomic E-state index is 0.0112. The Labute approximate surface area is 169 Å². The molecule has 2 N–H and O–H groups in total. The second-order valence-corrected chi connectivity index (χ2v) is 6.27. The highest BCUT2D eigenvalue weighted by Gasteiger charge is 2.35. The molecule has 0 spiro atoms. The van der Waals surface area contributed by atoms with Gasteiger partial charge in [-0.05, 0) is 35.9 Å². The molecule has 0 aliphatic heterocycles. The summed E-state index contributed by atoms with van der Waals surface area (Å²) in [6, 6.07) is 4.21. The lowest BCUT2D eigenvalue weighted by molar-refractivity contribution is -0.140. The van der Waals surface area contributed by atoms with Gasteiger partial charge in [0.25, 0.3) is 0 Å². The summed E-state index contributed by atoms with van der Waals surface area (Å²) in [5.41, 5.74) is 2.55. The number of benzene rings is 2. The van der Waals surface area contributed by atoms with Crippen molar-refractivity contribution in [3.63, 3.8) is 0 Å². The van der Waals surface area contributed by atoms with Gasteiger partial charge in [0.2, 0.25) is 5.88 Å². The minimum Gasteiger partial charge on any atom is -0.437 e. The number of hydrogen-bond acceptors (Lipinski definition) is 4. The predicted octanol–water partition coefficient (Wildman–Crippen LogP) is 5.76. The molecule has 0 saturated heterocycles. The maximum Gasteiger partial charge on any atom is 0.419 e. The van der Waals surface area contributed by atoms with Crippen molar-refractivity contribution in [1.82, 2.24) is 9.97 Å². The van der Waals surface area contributed by atoms with Crippen LogP contribution in [-0.2, 0) is 18.8 Å². The number of anilines is 1. The maximum absolute atomic E-state index is 13.4. The third-order valence-electron chi connectivity index (χ3n) is 4.10. The van der Waals surface area contributed by atoms with E-state index in [9.17, 15) is 35.1 Å². The summed E-state index contributed by atoms with van der Waals surface area (Å²) in [4.78, 5) is 7.52. The number of halogens is 8. The number of nitrogens with zero attached hydrogens (tertiary/aromatic N) is 2. The second-order valence-electron chi connectivity index (χ2n) is 6.27. The Kier molecular flexibility index (Phi) is 5.74. The first kappa shape index (κ1) is 22.2. The maximum atomic E-state index is 13.4. The van der Waals surface area contributed by atoms with Crippen LogP contribution >= 0.6 is 0 Å². The van der Waals surface area contributed by atoms with Gasteiger partial charge in [-0.15, -0.1) is 0 Å². The van der Waals surface area contributed by atoms with Gasteiger partial charge in [0.1, 0.15) is 29.4 Å². The van der Waals surface area contributed by atoms with Crippen LogP contribution in [0, 0.1) is 11.6 Å². The molecule has 31 heavy (non-hydrogen) atoms. The third kappa shape index (κ3) is 5.01. The van der Waals surface area contributed by atoms with Gasteiger partial charge in [-0.3, -0.25) is 0 Å². The first-order valence-corrected chi connectivity index (χ1v) is 8.36. The Morgan fingerprint density at radius 2 is 1.39 bits per heavy atom. The average molecular weight is 449 g/mol. The van der Waals surface area contributed by atoms with Gasteiger partial charge < -0.3 is 10.5 Å². The Morgan fingerprint density at radius 1 is 0.806 bits per heavy atom. The highest BCUT2D eigenvalue weighted by atomic mass is 19.4. The highest BCUT2D eigenvalue weighted by molar-refractivity contribution is 5.54. The number of nitrogens with two attached hydrogens (primary N) is 1. The van der Waals surface area contributed by atoms with Crippen molar-refractivity contribution in [2.75, 3.05) is 5.73 Å². The Balaban J connectivity index is 1.90. The molecule has 0 fully saturated rings. The molecule has 0 atom stereocenters. The van der Waals surface area contributed by atoms with E-state index in [1.807, 2.05) is 0 Å². The summed E-state index contributed by atoms with van der Waals surface area (Å²) in [5.74, 6) is -3.77. The highest BCUT2D eigenvalue weighted by Crippen LogP contribution is 2.36. The van der Waals surface area contributed by atoms with Gasteiger partial charge in [-0.2, -0.15) is 31.3 Å². The van der Waals surface area contributed by atoms with Crippen LogP contribution in [0.15, 0.2) is 42.7 Å². The quantitative estimate of drug-likeness (QED) is 0.515. The first-order chi connectivity index (χ1) is 14.4. The van der Waals surface area contributed by atoms with Gasteiger partial charge in [-0.25, -0.2) is 13.8 Å². The van der Waals surface area contributed by atoms with Crippen LogP contribution in [0.25, 0.3) is 0 Å². The molecule has 0 radical (unpaired) electrons. The Hall–Kier alpha value is -3.44. The van der Waals surface area contributed by atoms with Crippen molar-refractivity contribution in [1.29, 1.82) is 0 Å². The molecule has 1 aromatic heterocycles. The summed E-state index contributed by atoms with van der Waals surface area (Å²) < 4.78 is 109. The van der Waals surface area contributed by atoms with Crippen LogP contribution in [0.2, 0.25) is 0 Å². The molecule has 0 aliphatic carbocycles. The monoisotopic (exact) mass is 449 g/mol. The van der Waals surface area contributed by atoms with E-state index in [0.717, 1.165) is 18.5 Å². The SMILES string of the molecule is Nc1c(Cc2ccc(F)c(C(F)(F)F)c2)ncnc1Oc1ccc(F)c(C(F)(F)F)c1. The summed E-state index contributed by atoms with van der Waals surface area (Å²) in [7, 11) is 0. The summed E-state index contributed by atoms with van der Waals surface area (Å²) in [6.45, 7) is 0. The zero-order valence-corrected chi connectivity index (χ0v) is 15.2. The Bertz CT molecular complexity index is 1030. The van der Waals surface area contributed by atoms with E-state index in [4.69, 9.17) is 10.5 Å². The molecule has 0 unspecified atom stereocenters. The number of aromatic nitrogens is 2. The number of hydrogen-bond donors (Lipinski definition) is 1. The molecular formula is C19H11F8N3O. The standard InChI is InChI=1S/C19H11F8N3O/c20-13-3-1-9(5-11(13)18(22,23)24)6-15-16(28)17(30-8-29-15)31-10-2-4-14(21)12(7-10)19(25,26)27/h1-5,7-8H,6,28H2. The van der Waals surface area contributed by atoms with Crippen molar-refractivity contribution in [3.8, 4) is 11.6 Å². The molecule has 0 amide bonds. The molecule has 0 aliphatic rings. The molecule has 12 heteroatoms. The second kappa shape index (κ2) is 8.00. The van der Waals surface area contributed by atoms with Crippen molar-refractivity contribution in [3.05, 3.63) is 76.7 Å². The smallest absolute Gasteiger partial charge is 0.419 e. The Morgan fingerprint density at radius 3 is 2.00 bits per heavy atom. The van der Waals surface area contributed by atoms with E-state index in [1.165, 1.54) is 0 Å². The molecule has 4 nitrogen and oxygen atoms in total. The first-order valence-electron chi connectivity index (χ1n) is 8.36. The van der Waals surface area contributed by atoms with Crippen LogP contribution < -0.4 is 10.5 Å². The van der Waals surface area contributed by atoms with Crippen LogP contribution in [-0.4, -0.2) is 9.97 Å². The average Bonchev–Trinajstić information content (AvgIpc) is 2.66. The molecule has 3 rings (SSSR count). The van der Waals surface area contributed by atoms with E-state index < -0.39 is 40.9 Å². The van der Waals surface area contributed by atoms with E-state index >= 15 is 0 Å². The number of nitrogen functional groups attached to an aromatic ring is 1. The van der Waals surface area contributed by atoms with Gasteiger partial charge >= 0.3 is 12.4 Å². The minimum atomic E-state index is -4.97. The molecule has 2 aromatic carbocycles. The van der Waals surface area contributed by atoms with Crippen molar-refractivity contribution >= 4 is 5.69 Å². The molecule has 1 heterocycles. The van der Waals surface area contributed by atoms with Crippen molar-refractivity contribution < 1.29 is 39.9 Å². The summed E-state index contributed by atoms with van der Waals surface area (Å²) >= 11 is 0. The van der Waals surface area contributed by atoms with Gasteiger partial charge in [0, 0.05) is 6.42 Å². The van der Waals surface area contributed by atoms with Crippen molar-refractivity contribution in [2.45, 2.75) is 18.8 Å². The predicted molar refractivity (Wildman–Crippen MR) is 92.1 cm³/mol. The molecule has 164 valence electrons. The number of alkyl halides is 6.